The van der Waals surface area contributed by atoms with E-state index in [1.807, 2.05) is 35.2 Å². The van der Waals surface area contributed by atoms with E-state index in [9.17, 15) is 9.59 Å². The first kappa shape index (κ1) is 21.3. The van der Waals surface area contributed by atoms with Gasteiger partial charge in [0, 0.05) is 36.7 Å². The van der Waals surface area contributed by atoms with Gasteiger partial charge in [-0.1, -0.05) is 30.3 Å². The monoisotopic (exact) mass is 434 g/mol. The van der Waals surface area contributed by atoms with Gasteiger partial charge in [0.2, 0.25) is 0 Å². The second-order valence-electron chi connectivity index (χ2n) is 9.69. The maximum Gasteiger partial charge on any atom is 0.257 e. The van der Waals surface area contributed by atoms with E-state index >= 15 is 4.39 Å². The molecule has 3 fully saturated rings. The van der Waals surface area contributed by atoms with Crippen LogP contribution in [0.4, 0.5) is 4.39 Å². The van der Waals surface area contributed by atoms with E-state index in [4.69, 9.17) is 0 Å². The first-order valence-electron chi connectivity index (χ1n) is 12.0. The standard InChI is InChI=1S/C27H31FN2O2/c1-18-4-2-14-29(18)17-23-5-3-15-30(23)27(32)24-13-12-22(16-25(24)28)19-6-8-20(9-7-19)26(31)21-10-11-21/h6-9,12-13,16,18,21,23H,2-5,10-11,14-15,17H2,1H3/t18-,23?/m0/s1. The summed E-state index contributed by atoms with van der Waals surface area (Å²) in [6.45, 7) is 4.93. The summed E-state index contributed by atoms with van der Waals surface area (Å²) in [5, 5.41) is 0. The van der Waals surface area contributed by atoms with Crippen LogP contribution < -0.4 is 0 Å². The minimum atomic E-state index is -0.481. The molecule has 1 saturated carbocycles. The molecule has 0 bridgehead atoms. The van der Waals surface area contributed by atoms with Crippen LogP contribution in [0.3, 0.4) is 0 Å². The van der Waals surface area contributed by atoms with Gasteiger partial charge in [-0.05, 0) is 75.3 Å². The summed E-state index contributed by atoms with van der Waals surface area (Å²) < 4.78 is 15.0. The lowest BCUT2D eigenvalue weighted by Gasteiger charge is -2.31. The number of halogens is 1. The van der Waals surface area contributed by atoms with Crippen molar-refractivity contribution >= 4 is 11.7 Å². The second kappa shape index (κ2) is 8.78. The summed E-state index contributed by atoms with van der Waals surface area (Å²) in [7, 11) is 0. The minimum absolute atomic E-state index is 0.149. The molecule has 1 unspecified atom stereocenters. The Morgan fingerprint density at radius 3 is 2.31 bits per heavy atom. The van der Waals surface area contributed by atoms with Gasteiger partial charge in [-0.2, -0.15) is 0 Å². The summed E-state index contributed by atoms with van der Waals surface area (Å²) in [4.78, 5) is 29.7. The topological polar surface area (TPSA) is 40.6 Å². The van der Waals surface area contributed by atoms with Crippen LogP contribution in [0.2, 0.25) is 0 Å². The highest BCUT2D eigenvalue weighted by Crippen LogP contribution is 2.33. The zero-order chi connectivity index (χ0) is 22.2. The minimum Gasteiger partial charge on any atom is -0.334 e. The van der Waals surface area contributed by atoms with E-state index in [1.165, 1.54) is 18.9 Å². The third-order valence-electron chi connectivity index (χ3n) is 7.42. The van der Waals surface area contributed by atoms with Crippen molar-refractivity contribution in [2.75, 3.05) is 19.6 Å². The highest BCUT2D eigenvalue weighted by Gasteiger charge is 2.34. The number of hydrogen-bond acceptors (Lipinski definition) is 3. The van der Waals surface area contributed by atoms with Gasteiger partial charge in [-0.3, -0.25) is 14.5 Å². The van der Waals surface area contributed by atoms with E-state index in [0.29, 0.717) is 18.2 Å². The van der Waals surface area contributed by atoms with Crippen molar-refractivity contribution in [2.45, 2.75) is 57.5 Å². The first-order chi connectivity index (χ1) is 15.5. The molecule has 168 valence electrons. The lowest BCUT2D eigenvalue weighted by atomic mass is 9.99. The predicted molar refractivity (Wildman–Crippen MR) is 123 cm³/mol. The van der Waals surface area contributed by atoms with Gasteiger partial charge >= 0.3 is 0 Å². The molecule has 5 rings (SSSR count). The fraction of sp³-hybridized carbons (Fsp3) is 0.481. The van der Waals surface area contributed by atoms with Gasteiger partial charge in [-0.25, -0.2) is 4.39 Å². The molecule has 2 aromatic carbocycles. The van der Waals surface area contributed by atoms with Gasteiger partial charge in [0.25, 0.3) is 5.91 Å². The van der Waals surface area contributed by atoms with Gasteiger partial charge < -0.3 is 4.90 Å². The molecule has 0 N–H and O–H groups in total. The second-order valence-corrected chi connectivity index (χ2v) is 9.69. The number of benzene rings is 2. The van der Waals surface area contributed by atoms with Gasteiger partial charge in [-0.15, -0.1) is 0 Å². The van der Waals surface area contributed by atoms with Crippen molar-refractivity contribution in [2.24, 2.45) is 5.92 Å². The fourth-order valence-electron chi connectivity index (χ4n) is 5.26. The number of Topliss-reactive ketones (excluding diaryl/α,β-unsaturated/α-hetero) is 1. The number of ketones is 1. The summed E-state index contributed by atoms with van der Waals surface area (Å²) in [5.41, 5.74) is 2.43. The zero-order valence-electron chi connectivity index (χ0n) is 18.7. The lowest BCUT2D eigenvalue weighted by molar-refractivity contribution is 0.0692. The molecule has 4 nitrogen and oxygen atoms in total. The molecule has 5 heteroatoms. The predicted octanol–water partition coefficient (Wildman–Crippen LogP) is 5.17. The van der Waals surface area contributed by atoms with Crippen molar-refractivity contribution < 1.29 is 14.0 Å². The van der Waals surface area contributed by atoms with Crippen molar-refractivity contribution in [3.8, 4) is 11.1 Å². The average Bonchev–Trinajstić information content (AvgIpc) is 3.43. The molecule has 2 heterocycles. The van der Waals surface area contributed by atoms with E-state index < -0.39 is 5.82 Å². The number of carbonyl (C=O) groups is 2. The van der Waals surface area contributed by atoms with Crippen molar-refractivity contribution in [3.63, 3.8) is 0 Å². The maximum absolute atomic E-state index is 15.0. The van der Waals surface area contributed by atoms with Crippen LogP contribution >= 0.6 is 0 Å². The normalized spacial score (nSPS) is 23.6. The summed E-state index contributed by atoms with van der Waals surface area (Å²) in [6, 6.07) is 13.0. The Labute approximate surface area is 189 Å². The molecule has 32 heavy (non-hydrogen) atoms. The van der Waals surface area contributed by atoms with Crippen LogP contribution in [0, 0.1) is 11.7 Å². The van der Waals surface area contributed by atoms with Crippen LogP contribution in [0.5, 0.6) is 0 Å². The summed E-state index contributed by atoms with van der Waals surface area (Å²) in [5.74, 6) is -0.293. The number of hydrogen-bond donors (Lipinski definition) is 0. The molecule has 3 aliphatic rings. The van der Waals surface area contributed by atoms with E-state index in [1.54, 1.807) is 6.07 Å². The number of likely N-dealkylation sites (tertiary alicyclic amines) is 2. The molecule has 2 aromatic rings. The van der Waals surface area contributed by atoms with Crippen molar-refractivity contribution in [3.05, 3.63) is 59.4 Å². The largest absolute Gasteiger partial charge is 0.334 e. The highest BCUT2D eigenvalue weighted by molar-refractivity contribution is 5.99. The summed E-state index contributed by atoms with van der Waals surface area (Å²) >= 11 is 0. The lowest BCUT2D eigenvalue weighted by Crippen LogP contribution is -2.44. The quantitative estimate of drug-likeness (QED) is 0.589. The molecular weight excluding hydrogens is 403 g/mol. The molecule has 0 spiro atoms. The maximum atomic E-state index is 15.0. The first-order valence-corrected chi connectivity index (χ1v) is 12.0. The van der Waals surface area contributed by atoms with Gasteiger partial charge in [0.05, 0.1) is 5.56 Å². The van der Waals surface area contributed by atoms with E-state index in [2.05, 4.69) is 11.8 Å². The molecule has 0 radical (unpaired) electrons. The third kappa shape index (κ3) is 4.23. The SMILES string of the molecule is C[C@H]1CCCN1CC1CCCN1C(=O)c1ccc(-c2ccc(C(=O)C3CC3)cc2)cc1F. The van der Waals surface area contributed by atoms with Crippen molar-refractivity contribution in [1.82, 2.24) is 9.80 Å². The Morgan fingerprint density at radius 1 is 0.938 bits per heavy atom. The van der Waals surface area contributed by atoms with Crippen LogP contribution in [0.1, 0.15) is 66.2 Å². The Morgan fingerprint density at radius 2 is 1.66 bits per heavy atom. The van der Waals surface area contributed by atoms with Gasteiger partial charge in [0.1, 0.15) is 5.82 Å². The molecule has 2 atom stereocenters. The number of amides is 1. The molecule has 0 aromatic heterocycles. The van der Waals surface area contributed by atoms with Crippen LogP contribution in [0.25, 0.3) is 11.1 Å². The molecule has 1 amide bonds. The van der Waals surface area contributed by atoms with Crippen LogP contribution in [0.15, 0.2) is 42.5 Å². The molecule has 2 aliphatic heterocycles. The average molecular weight is 435 g/mol. The molecular formula is C27H31FN2O2. The fourth-order valence-corrected chi connectivity index (χ4v) is 5.26. The summed E-state index contributed by atoms with van der Waals surface area (Å²) in [6.07, 6.45) is 6.36. The van der Waals surface area contributed by atoms with E-state index in [0.717, 1.165) is 49.9 Å². The Hall–Kier alpha value is -2.53. The number of nitrogens with zero attached hydrogens (tertiary/aromatic N) is 2. The van der Waals surface area contributed by atoms with Crippen LogP contribution in [-0.4, -0.2) is 53.2 Å². The number of rotatable bonds is 6. The number of carbonyl (C=O) groups excluding carboxylic acids is 2. The van der Waals surface area contributed by atoms with Crippen LogP contribution in [-0.2, 0) is 0 Å². The Balaban J connectivity index is 1.30. The zero-order valence-corrected chi connectivity index (χ0v) is 18.7. The third-order valence-corrected chi connectivity index (χ3v) is 7.42. The van der Waals surface area contributed by atoms with Gasteiger partial charge in [0.15, 0.2) is 5.78 Å². The molecule has 2 saturated heterocycles. The Kier molecular flexibility index (Phi) is 5.85. The molecule has 1 aliphatic carbocycles. The van der Waals surface area contributed by atoms with E-state index in [-0.39, 0.29) is 29.2 Å². The highest BCUT2D eigenvalue weighted by atomic mass is 19.1. The Bertz CT molecular complexity index is 1010. The smallest absolute Gasteiger partial charge is 0.257 e. The van der Waals surface area contributed by atoms with Crippen molar-refractivity contribution in [1.29, 1.82) is 0 Å².